The third kappa shape index (κ3) is 4.93. The fourth-order valence-electron chi connectivity index (χ4n) is 6.68. The van der Waals surface area contributed by atoms with E-state index in [4.69, 9.17) is 19.2 Å². The van der Waals surface area contributed by atoms with Crippen LogP contribution in [-0.4, -0.2) is 76.0 Å². The van der Waals surface area contributed by atoms with Gasteiger partial charge in [-0.15, -0.1) is 11.8 Å². The van der Waals surface area contributed by atoms with Crippen LogP contribution in [0.2, 0.25) is 0 Å². The topological polar surface area (TPSA) is 99.0 Å². The first-order chi connectivity index (χ1) is 21.1. The molecule has 1 amide bonds. The molecule has 12 heteroatoms. The number of pyridine rings is 1. The summed E-state index contributed by atoms with van der Waals surface area (Å²) in [6, 6.07) is 8.42. The number of nitrogens with zero attached hydrogens (tertiary/aromatic N) is 5. The molecule has 2 aromatic heterocycles. The first-order valence-corrected chi connectivity index (χ1v) is 15.8. The number of amides is 1. The molecule has 3 aliphatic heterocycles. The minimum atomic E-state index is -0.579. The Morgan fingerprint density at radius 1 is 1.16 bits per heavy atom. The Morgan fingerprint density at radius 3 is 2.66 bits per heavy atom. The van der Waals surface area contributed by atoms with Crippen LogP contribution >= 0.6 is 11.8 Å². The number of aromatic nitrogens is 3. The maximum atomic E-state index is 15.4. The zero-order valence-corrected chi connectivity index (χ0v) is 25.9. The Hall–Kier alpha value is -3.90. The molecule has 5 heterocycles. The number of methoxy groups -OCH3 is 1. The predicted molar refractivity (Wildman–Crippen MR) is 167 cm³/mol. The number of carbonyl (C=O) groups excluding carboxylic acids is 1. The van der Waals surface area contributed by atoms with E-state index in [1.165, 1.54) is 6.07 Å². The molecule has 2 saturated heterocycles. The van der Waals surface area contributed by atoms with Gasteiger partial charge in [-0.25, -0.2) is 14.0 Å². The first-order valence-electron chi connectivity index (χ1n) is 14.8. The van der Waals surface area contributed by atoms with Gasteiger partial charge in [0.2, 0.25) is 0 Å². The van der Waals surface area contributed by atoms with E-state index in [-0.39, 0.29) is 36.5 Å². The molecule has 3 aliphatic rings. The van der Waals surface area contributed by atoms with E-state index in [9.17, 15) is 9.59 Å². The number of hydrogen-bond acceptors (Lipinski definition) is 9. The van der Waals surface area contributed by atoms with Gasteiger partial charge in [-0.1, -0.05) is 12.1 Å². The summed E-state index contributed by atoms with van der Waals surface area (Å²) < 4.78 is 33.7. The van der Waals surface area contributed by atoms with Crippen LogP contribution in [0.15, 0.2) is 46.2 Å². The lowest BCUT2D eigenvalue weighted by Gasteiger charge is -2.42. The summed E-state index contributed by atoms with van der Waals surface area (Å²) in [7, 11) is 1.54. The van der Waals surface area contributed by atoms with Crippen molar-refractivity contribution in [3.8, 4) is 17.0 Å². The lowest BCUT2D eigenvalue weighted by Crippen LogP contribution is -2.57. The number of thioether (sulfide) groups is 1. The van der Waals surface area contributed by atoms with Crippen LogP contribution in [0.4, 0.5) is 15.0 Å². The van der Waals surface area contributed by atoms with Gasteiger partial charge in [0.05, 0.1) is 33.6 Å². The molecule has 2 unspecified atom stereocenters. The molecule has 7 rings (SSSR count). The first kappa shape index (κ1) is 28.8. The SMILES string of the molecule is COCOc1cc(-c2ncc3c(N4CC5CCC(C4)N5C(=O)OC(C)(C)C)nc(=O)n4c3c2SCC4)c2c(F)cccc2c1. The summed E-state index contributed by atoms with van der Waals surface area (Å²) in [5.41, 5.74) is 1.00. The van der Waals surface area contributed by atoms with E-state index in [2.05, 4.69) is 9.88 Å². The second kappa shape index (κ2) is 10.9. The third-order valence-electron chi connectivity index (χ3n) is 8.40. The van der Waals surface area contributed by atoms with Crippen molar-refractivity contribution in [2.24, 2.45) is 0 Å². The number of ether oxygens (including phenoxy) is 3. The summed E-state index contributed by atoms with van der Waals surface area (Å²) in [6.45, 7) is 7.25. The molecule has 2 bridgehead atoms. The van der Waals surface area contributed by atoms with Gasteiger partial charge < -0.3 is 19.1 Å². The van der Waals surface area contributed by atoms with E-state index >= 15 is 4.39 Å². The summed E-state index contributed by atoms with van der Waals surface area (Å²) in [6.07, 6.45) is 3.17. The van der Waals surface area contributed by atoms with Gasteiger partial charge in [-0.05, 0) is 57.2 Å². The van der Waals surface area contributed by atoms with Crippen molar-refractivity contribution >= 4 is 45.3 Å². The number of fused-ring (bicyclic) bond motifs is 3. The molecule has 4 aromatic rings. The fraction of sp³-hybridized carbons (Fsp3) is 0.438. The molecule has 10 nitrogen and oxygen atoms in total. The van der Waals surface area contributed by atoms with Gasteiger partial charge in [-0.2, -0.15) is 4.98 Å². The highest BCUT2D eigenvalue weighted by Gasteiger charge is 2.45. The maximum Gasteiger partial charge on any atom is 0.410 e. The molecule has 0 saturated carbocycles. The van der Waals surface area contributed by atoms with Crippen molar-refractivity contribution in [1.82, 2.24) is 19.4 Å². The van der Waals surface area contributed by atoms with Crippen LogP contribution in [-0.2, 0) is 16.0 Å². The number of piperazine rings is 1. The van der Waals surface area contributed by atoms with Gasteiger partial charge in [0, 0.05) is 49.6 Å². The average molecular weight is 620 g/mol. The number of hydrogen-bond donors (Lipinski definition) is 0. The average Bonchev–Trinajstić information content (AvgIpc) is 3.26. The van der Waals surface area contributed by atoms with Gasteiger partial charge in [0.1, 0.15) is 23.0 Å². The Kier molecular flexibility index (Phi) is 7.16. The summed E-state index contributed by atoms with van der Waals surface area (Å²) >= 11 is 1.60. The second-order valence-corrected chi connectivity index (χ2v) is 13.6. The van der Waals surface area contributed by atoms with Crippen LogP contribution in [0.5, 0.6) is 5.75 Å². The van der Waals surface area contributed by atoms with Gasteiger partial charge in [0.15, 0.2) is 6.79 Å². The zero-order chi connectivity index (χ0) is 30.7. The minimum absolute atomic E-state index is 0.0407. The molecule has 2 atom stereocenters. The molecule has 0 spiro atoms. The number of carbonyl (C=O) groups is 1. The highest BCUT2D eigenvalue weighted by molar-refractivity contribution is 7.99. The van der Waals surface area contributed by atoms with E-state index in [0.717, 1.165) is 28.6 Å². The highest BCUT2D eigenvalue weighted by atomic mass is 32.2. The Bertz CT molecular complexity index is 1840. The predicted octanol–water partition coefficient (Wildman–Crippen LogP) is 5.43. The number of aryl methyl sites for hydroxylation is 1. The number of rotatable bonds is 5. The summed E-state index contributed by atoms with van der Waals surface area (Å²) in [5.74, 6) is 1.39. The molecule has 230 valence electrons. The molecule has 2 fully saturated rings. The standard InChI is InChI=1S/C32H34FN5O5S/c1-32(2,3)43-31(40)38-19-8-9-20(38)16-36(15-19)29-23-14-34-26(28-27(23)37(10-11-44-28)30(39)35-29)22-13-21(42-17-41-4)12-18-6-5-7-24(33)25(18)22/h5-7,12-14,19-20H,8-11,15-17H2,1-4H3. The van der Waals surface area contributed by atoms with E-state index in [1.54, 1.807) is 47.8 Å². The van der Waals surface area contributed by atoms with Gasteiger partial charge in [-0.3, -0.25) is 14.5 Å². The largest absolute Gasteiger partial charge is 0.468 e. The van der Waals surface area contributed by atoms with Crippen LogP contribution in [0.25, 0.3) is 32.9 Å². The van der Waals surface area contributed by atoms with Crippen molar-refractivity contribution < 1.29 is 23.4 Å². The summed E-state index contributed by atoms with van der Waals surface area (Å²) in [5, 5.41) is 1.87. The quantitative estimate of drug-likeness (QED) is 0.271. The van der Waals surface area contributed by atoms with Crippen molar-refractivity contribution in [1.29, 1.82) is 0 Å². The maximum absolute atomic E-state index is 15.4. The van der Waals surface area contributed by atoms with Crippen molar-refractivity contribution in [2.45, 2.75) is 62.7 Å². The smallest absolute Gasteiger partial charge is 0.410 e. The van der Waals surface area contributed by atoms with Gasteiger partial charge in [0.25, 0.3) is 0 Å². The number of anilines is 1. The highest BCUT2D eigenvalue weighted by Crippen LogP contribution is 2.44. The Balaban J connectivity index is 1.34. The zero-order valence-electron chi connectivity index (χ0n) is 25.1. The number of benzene rings is 2. The van der Waals surface area contributed by atoms with Crippen molar-refractivity contribution in [3.63, 3.8) is 0 Å². The Labute approximate surface area is 258 Å². The van der Waals surface area contributed by atoms with E-state index in [0.29, 0.717) is 59.0 Å². The fourth-order valence-corrected chi connectivity index (χ4v) is 7.81. The molecule has 0 N–H and O–H groups in total. The van der Waals surface area contributed by atoms with Crippen molar-refractivity contribution in [3.05, 3.63) is 52.8 Å². The lowest BCUT2D eigenvalue weighted by molar-refractivity contribution is 0.0123. The molecule has 44 heavy (non-hydrogen) atoms. The van der Waals surface area contributed by atoms with Crippen LogP contribution in [0, 0.1) is 5.82 Å². The van der Waals surface area contributed by atoms with Crippen molar-refractivity contribution in [2.75, 3.05) is 37.6 Å². The van der Waals surface area contributed by atoms with Crippen LogP contribution < -0.4 is 15.3 Å². The molecule has 0 radical (unpaired) electrons. The molecular formula is C32H34FN5O5S. The van der Waals surface area contributed by atoms with E-state index in [1.807, 2.05) is 31.7 Å². The van der Waals surface area contributed by atoms with Crippen LogP contribution in [0.1, 0.15) is 33.6 Å². The van der Waals surface area contributed by atoms with Gasteiger partial charge >= 0.3 is 11.8 Å². The molecule has 2 aromatic carbocycles. The molecular weight excluding hydrogens is 585 g/mol. The summed E-state index contributed by atoms with van der Waals surface area (Å²) in [4.78, 5) is 40.8. The Morgan fingerprint density at radius 2 is 1.93 bits per heavy atom. The molecule has 0 aliphatic carbocycles. The number of halogens is 1. The second-order valence-electron chi connectivity index (χ2n) is 12.5. The normalized spacial score (nSPS) is 19.6. The monoisotopic (exact) mass is 619 g/mol. The third-order valence-corrected chi connectivity index (χ3v) is 9.46. The lowest BCUT2D eigenvalue weighted by atomic mass is 9.99. The van der Waals surface area contributed by atoms with E-state index < -0.39 is 5.60 Å². The minimum Gasteiger partial charge on any atom is -0.468 e. The van der Waals surface area contributed by atoms with Crippen LogP contribution in [0.3, 0.4) is 0 Å².